The Morgan fingerprint density at radius 3 is 2.44 bits per heavy atom. The van der Waals surface area contributed by atoms with Crippen LogP contribution in [0.25, 0.3) is 0 Å². The van der Waals surface area contributed by atoms with Crippen LogP contribution in [0.5, 0.6) is 11.5 Å². The van der Waals surface area contributed by atoms with Gasteiger partial charge in [-0.15, -0.1) is 0 Å². The Hall–Kier alpha value is -3.20. The van der Waals surface area contributed by atoms with Gasteiger partial charge in [0, 0.05) is 31.7 Å². The van der Waals surface area contributed by atoms with E-state index >= 15 is 0 Å². The molecular formula is C21H23N3O3. The fourth-order valence-corrected chi connectivity index (χ4v) is 3.23. The first-order valence-electron chi connectivity index (χ1n) is 8.90. The van der Waals surface area contributed by atoms with Crippen LogP contribution in [0.15, 0.2) is 36.4 Å². The van der Waals surface area contributed by atoms with Crippen LogP contribution in [0.1, 0.15) is 23.1 Å². The van der Waals surface area contributed by atoms with Crippen molar-refractivity contribution in [2.75, 3.05) is 32.6 Å². The highest BCUT2D eigenvalue weighted by molar-refractivity contribution is 5.77. The summed E-state index contributed by atoms with van der Waals surface area (Å²) in [7, 11) is 3.24. The average Bonchev–Trinajstić information content (AvgIpc) is 2.72. The highest BCUT2D eigenvalue weighted by Crippen LogP contribution is 2.33. The number of hydrogen-bond donors (Lipinski definition) is 1. The molecule has 0 atom stereocenters. The van der Waals surface area contributed by atoms with E-state index in [0.29, 0.717) is 37.4 Å². The maximum atomic E-state index is 12.6. The minimum Gasteiger partial charge on any atom is -0.493 e. The number of carbonyl (C=O) groups is 1. The molecule has 0 bridgehead atoms. The summed E-state index contributed by atoms with van der Waals surface area (Å²) >= 11 is 0. The smallest absolute Gasteiger partial charge is 0.224 e. The fraction of sp³-hybridized carbons (Fsp3) is 0.333. The number of methoxy groups -OCH3 is 2. The molecular weight excluding hydrogens is 342 g/mol. The lowest BCUT2D eigenvalue weighted by molar-refractivity contribution is -0.131. The molecule has 1 heterocycles. The lowest BCUT2D eigenvalue weighted by Gasteiger charge is -2.29. The Labute approximate surface area is 159 Å². The molecule has 140 valence electrons. The molecule has 2 aromatic carbocycles. The van der Waals surface area contributed by atoms with Crippen LogP contribution in [0.4, 0.5) is 5.69 Å². The molecule has 0 aliphatic carbocycles. The van der Waals surface area contributed by atoms with Crippen molar-refractivity contribution in [3.8, 4) is 17.6 Å². The van der Waals surface area contributed by atoms with Crippen molar-refractivity contribution in [1.82, 2.24) is 4.90 Å². The summed E-state index contributed by atoms with van der Waals surface area (Å²) in [6, 6.07) is 13.3. The number of rotatable bonds is 6. The summed E-state index contributed by atoms with van der Waals surface area (Å²) in [6.07, 6.45) is 1.23. The van der Waals surface area contributed by atoms with Crippen molar-refractivity contribution in [1.29, 1.82) is 5.26 Å². The second-order valence-corrected chi connectivity index (χ2v) is 6.41. The fourth-order valence-electron chi connectivity index (χ4n) is 3.23. The molecule has 1 aliphatic heterocycles. The molecule has 0 saturated heterocycles. The van der Waals surface area contributed by atoms with Crippen molar-refractivity contribution in [2.45, 2.75) is 19.4 Å². The largest absolute Gasteiger partial charge is 0.493 e. The van der Waals surface area contributed by atoms with E-state index in [-0.39, 0.29) is 5.91 Å². The number of hydrogen-bond acceptors (Lipinski definition) is 5. The number of anilines is 1. The van der Waals surface area contributed by atoms with Gasteiger partial charge in [-0.1, -0.05) is 0 Å². The van der Waals surface area contributed by atoms with Crippen LogP contribution in [0.2, 0.25) is 0 Å². The average molecular weight is 365 g/mol. The summed E-state index contributed by atoms with van der Waals surface area (Å²) in [6.45, 7) is 1.85. The number of carbonyl (C=O) groups excluding carboxylic acids is 1. The second-order valence-electron chi connectivity index (χ2n) is 6.41. The Kier molecular flexibility index (Phi) is 5.82. The van der Waals surface area contributed by atoms with Crippen molar-refractivity contribution < 1.29 is 14.3 Å². The van der Waals surface area contributed by atoms with Gasteiger partial charge in [-0.3, -0.25) is 4.79 Å². The van der Waals surface area contributed by atoms with Gasteiger partial charge < -0.3 is 19.7 Å². The van der Waals surface area contributed by atoms with Gasteiger partial charge >= 0.3 is 0 Å². The minimum atomic E-state index is 0.122. The quantitative estimate of drug-likeness (QED) is 0.852. The van der Waals surface area contributed by atoms with E-state index in [9.17, 15) is 4.79 Å². The Morgan fingerprint density at radius 1 is 1.15 bits per heavy atom. The molecule has 0 radical (unpaired) electrons. The number of nitrogens with one attached hydrogen (secondary N) is 1. The first kappa shape index (κ1) is 18.6. The summed E-state index contributed by atoms with van der Waals surface area (Å²) in [5.74, 6) is 1.53. The van der Waals surface area contributed by atoms with Gasteiger partial charge in [0.05, 0.1) is 25.9 Å². The molecule has 0 fully saturated rings. The number of amides is 1. The van der Waals surface area contributed by atoms with Gasteiger partial charge in [0.15, 0.2) is 11.5 Å². The highest BCUT2D eigenvalue weighted by Gasteiger charge is 2.22. The van der Waals surface area contributed by atoms with Crippen LogP contribution >= 0.6 is 0 Å². The van der Waals surface area contributed by atoms with E-state index in [0.717, 1.165) is 23.4 Å². The predicted octanol–water partition coefficient (Wildman–Crippen LogP) is 2.96. The maximum absolute atomic E-state index is 12.6. The lowest BCUT2D eigenvalue weighted by Crippen LogP contribution is -2.36. The normalized spacial score (nSPS) is 12.7. The molecule has 6 nitrogen and oxygen atoms in total. The number of benzene rings is 2. The predicted molar refractivity (Wildman–Crippen MR) is 103 cm³/mol. The molecule has 0 spiro atoms. The van der Waals surface area contributed by atoms with Crippen molar-refractivity contribution in [3.63, 3.8) is 0 Å². The van der Waals surface area contributed by atoms with Crippen LogP contribution in [0, 0.1) is 11.3 Å². The van der Waals surface area contributed by atoms with Gasteiger partial charge in [0.25, 0.3) is 0 Å². The Balaban J connectivity index is 1.56. The van der Waals surface area contributed by atoms with Crippen molar-refractivity contribution in [3.05, 3.63) is 53.1 Å². The third-order valence-corrected chi connectivity index (χ3v) is 4.75. The second kappa shape index (κ2) is 8.45. The summed E-state index contributed by atoms with van der Waals surface area (Å²) in [5.41, 5.74) is 3.83. The molecule has 6 heteroatoms. The zero-order valence-corrected chi connectivity index (χ0v) is 15.6. The Morgan fingerprint density at radius 2 is 1.81 bits per heavy atom. The van der Waals surface area contributed by atoms with Gasteiger partial charge in [0.1, 0.15) is 0 Å². The van der Waals surface area contributed by atoms with Crippen molar-refractivity contribution >= 4 is 11.6 Å². The van der Waals surface area contributed by atoms with E-state index in [2.05, 4.69) is 11.4 Å². The summed E-state index contributed by atoms with van der Waals surface area (Å²) in [5, 5.41) is 12.0. The van der Waals surface area contributed by atoms with E-state index in [4.69, 9.17) is 14.7 Å². The van der Waals surface area contributed by atoms with Gasteiger partial charge in [-0.2, -0.15) is 5.26 Å². The third-order valence-electron chi connectivity index (χ3n) is 4.75. The number of fused-ring (bicyclic) bond motifs is 1. The molecule has 3 rings (SSSR count). The molecule has 1 aliphatic rings. The van der Waals surface area contributed by atoms with Crippen LogP contribution in [0.3, 0.4) is 0 Å². The summed E-state index contributed by atoms with van der Waals surface area (Å²) in [4.78, 5) is 14.4. The van der Waals surface area contributed by atoms with E-state index in [1.165, 1.54) is 5.56 Å². The van der Waals surface area contributed by atoms with E-state index in [1.807, 2.05) is 29.2 Å². The number of ether oxygens (including phenoxy) is 2. The Bertz CT molecular complexity index is 856. The number of nitrogens with zero attached hydrogens (tertiary/aromatic N) is 2. The topological polar surface area (TPSA) is 74.6 Å². The summed E-state index contributed by atoms with van der Waals surface area (Å²) < 4.78 is 10.7. The first-order valence-corrected chi connectivity index (χ1v) is 8.90. The van der Waals surface area contributed by atoms with E-state index < -0.39 is 0 Å². The van der Waals surface area contributed by atoms with Gasteiger partial charge in [-0.25, -0.2) is 0 Å². The molecule has 27 heavy (non-hydrogen) atoms. The third kappa shape index (κ3) is 4.32. The minimum absolute atomic E-state index is 0.122. The van der Waals surface area contributed by atoms with Crippen molar-refractivity contribution in [2.24, 2.45) is 0 Å². The van der Waals surface area contributed by atoms with Crippen LogP contribution in [-0.4, -0.2) is 38.1 Å². The van der Waals surface area contributed by atoms with Gasteiger partial charge in [0.2, 0.25) is 5.91 Å². The molecule has 0 aromatic heterocycles. The van der Waals surface area contributed by atoms with Crippen LogP contribution in [-0.2, 0) is 17.8 Å². The standard InChI is InChI=1S/C21H23N3O3/c1-26-19-11-16-8-10-24(14-17(16)12-20(19)27-2)21(25)7-9-23-18-5-3-15(13-22)4-6-18/h3-6,11-12,23H,7-10,14H2,1-2H3. The van der Waals surface area contributed by atoms with Crippen LogP contribution < -0.4 is 14.8 Å². The zero-order valence-electron chi connectivity index (χ0n) is 15.6. The molecule has 1 N–H and O–H groups in total. The van der Waals surface area contributed by atoms with E-state index in [1.54, 1.807) is 26.4 Å². The van der Waals surface area contributed by atoms with Gasteiger partial charge in [-0.05, 0) is 53.9 Å². The molecule has 0 saturated carbocycles. The SMILES string of the molecule is COc1cc2c(cc1OC)CN(C(=O)CCNc1ccc(C#N)cc1)CC2. The molecule has 1 amide bonds. The molecule has 0 unspecified atom stereocenters. The highest BCUT2D eigenvalue weighted by atomic mass is 16.5. The lowest BCUT2D eigenvalue weighted by atomic mass is 9.98. The zero-order chi connectivity index (χ0) is 19.2. The monoisotopic (exact) mass is 365 g/mol. The number of nitriles is 1. The maximum Gasteiger partial charge on any atom is 0.224 e. The molecule has 2 aromatic rings. The first-order chi connectivity index (χ1) is 13.1.